The van der Waals surface area contributed by atoms with Crippen molar-refractivity contribution < 1.29 is 28.5 Å². The summed E-state index contributed by atoms with van der Waals surface area (Å²) in [6.07, 6.45) is -2.42. The molecule has 4 aromatic rings. The molecule has 0 bridgehead atoms. The normalized spacial score (nSPS) is 26.7. The van der Waals surface area contributed by atoms with Gasteiger partial charge in [-0.2, -0.15) is 0 Å². The monoisotopic (exact) mass is 593 g/mol. The van der Waals surface area contributed by atoms with E-state index in [-0.39, 0.29) is 25.0 Å². The molecule has 218 valence electrons. The number of amides is 2. The van der Waals surface area contributed by atoms with Crippen LogP contribution in [0.25, 0.3) is 0 Å². The topological polar surface area (TPSA) is 74.3 Å². The zero-order chi connectivity index (χ0) is 29.3. The molecule has 0 N–H and O–H groups in total. The molecule has 0 radical (unpaired) electrons. The van der Waals surface area contributed by atoms with E-state index in [1.165, 1.54) is 16.7 Å². The predicted octanol–water partition coefficient (Wildman–Crippen LogP) is 6.18. The molecule has 0 aliphatic carbocycles. The fraction of sp³-hybridized carbons (Fsp3) is 0.257. The Morgan fingerprint density at radius 3 is 2.09 bits per heavy atom. The van der Waals surface area contributed by atoms with Crippen LogP contribution in [-0.2, 0) is 25.6 Å². The molecular weight excluding hydrogens is 562 g/mol. The molecule has 6 atom stereocenters. The first-order valence-corrected chi connectivity index (χ1v) is 15.3. The van der Waals surface area contributed by atoms with E-state index in [2.05, 4.69) is 0 Å². The van der Waals surface area contributed by atoms with Gasteiger partial charge >= 0.3 is 0 Å². The van der Waals surface area contributed by atoms with E-state index < -0.39 is 36.1 Å². The molecule has 1 unspecified atom stereocenters. The average molecular weight is 594 g/mol. The molecule has 7 rings (SSSR count). The van der Waals surface area contributed by atoms with Crippen molar-refractivity contribution in [2.75, 3.05) is 6.61 Å². The van der Waals surface area contributed by atoms with Crippen LogP contribution in [0.4, 0.5) is 0 Å². The number of hydrogen-bond donors (Lipinski definition) is 0. The number of aryl methyl sites for hydroxylation is 1. The number of fused-ring (bicyclic) bond motifs is 2. The van der Waals surface area contributed by atoms with Crippen LogP contribution in [0.15, 0.2) is 114 Å². The molecule has 3 aliphatic rings. The molecule has 4 aromatic carbocycles. The Labute approximate surface area is 254 Å². The molecule has 2 fully saturated rings. The standard InChI is InChI=1S/C35H31NO6S/c1-22-16-18-25(19-17-22)43-35-29(36-32(37)26-14-8-9-15-27(26)33(36)38)31(39-20-23-10-4-2-5-11-23)30-28(41-35)21-40-34(42-30)24-12-6-3-7-13-24/h2-19,28-31,34-35H,20-21H2,1H3/t28-,29-,30-,31-,34?,35+/m1/s1. The maximum Gasteiger partial charge on any atom is 0.262 e. The summed E-state index contributed by atoms with van der Waals surface area (Å²) in [4.78, 5) is 30.2. The Morgan fingerprint density at radius 1 is 0.791 bits per heavy atom. The first-order chi connectivity index (χ1) is 21.1. The third kappa shape index (κ3) is 5.53. The van der Waals surface area contributed by atoms with Gasteiger partial charge in [-0.3, -0.25) is 14.5 Å². The molecule has 7 nitrogen and oxygen atoms in total. The minimum Gasteiger partial charge on any atom is -0.368 e. The van der Waals surface area contributed by atoms with Gasteiger partial charge in [0, 0.05) is 10.5 Å². The fourth-order valence-corrected chi connectivity index (χ4v) is 7.07. The van der Waals surface area contributed by atoms with Crippen molar-refractivity contribution in [3.8, 4) is 0 Å². The second-order valence-corrected chi connectivity index (χ2v) is 12.1. The second kappa shape index (κ2) is 12.1. The number of nitrogens with zero attached hydrogens (tertiary/aromatic N) is 1. The molecule has 3 heterocycles. The highest BCUT2D eigenvalue weighted by Crippen LogP contribution is 2.43. The molecule has 3 aliphatic heterocycles. The van der Waals surface area contributed by atoms with Crippen LogP contribution < -0.4 is 0 Å². The van der Waals surface area contributed by atoms with Gasteiger partial charge in [-0.05, 0) is 36.8 Å². The van der Waals surface area contributed by atoms with E-state index >= 15 is 0 Å². The van der Waals surface area contributed by atoms with Crippen molar-refractivity contribution in [2.45, 2.75) is 54.5 Å². The van der Waals surface area contributed by atoms with Crippen LogP contribution in [0.2, 0.25) is 0 Å². The van der Waals surface area contributed by atoms with E-state index in [1.54, 1.807) is 24.3 Å². The smallest absolute Gasteiger partial charge is 0.262 e. The Hall–Kier alpha value is -3.79. The molecule has 0 aromatic heterocycles. The SMILES string of the molecule is Cc1ccc(S[C@@H]2O[C@@H]3COC(c4ccccc4)O[C@H]3[C@H](OCc3ccccc3)[C@H]2N2C(=O)c3ccccc3C2=O)cc1. The number of thioether (sulfide) groups is 1. The molecular formula is C35H31NO6S. The van der Waals surface area contributed by atoms with E-state index in [0.29, 0.717) is 11.1 Å². The summed E-state index contributed by atoms with van der Waals surface area (Å²) in [5.41, 5.74) is 3.11. The van der Waals surface area contributed by atoms with Crippen molar-refractivity contribution in [2.24, 2.45) is 0 Å². The fourth-order valence-electron chi connectivity index (χ4n) is 5.90. The van der Waals surface area contributed by atoms with Crippen molar-refractivity contribution in [1.82, 2.24) is 4.90 Å². The van der Waals surface area contributed by atoms with Gasteiger partial charge in [0.15, 0.2) is 6.29 Å². The minimum atomic E-state index is -0.779. The molecule has 2 amide bonds. The van der Waals surface area contributed by atoms with Gasteiger partial charge < -0.3 is 18.9 Å². The lowest BCUT2D eigenvalue weighted by Gasteiger charge is -2.51. The Balaban J connectivity index is 1.29. The zero-order valence-electron chi connectivity index (χ0n) is 23.6. The van der Waals surface area contributed by atoms with Gasteiger partial charge in [0.2, 0.25) is 0 Å². The Kier molecular flexibility index (Phi) is 7.86. The van der Waals surface area contributed by atoms with Crippen LogP contribution in [0.5, 0.6) is 0 Å². The van der Waals surface area contributed by atoms with E-state index in [9.17, 15) is 9.59 Å². The van der Waals surface area contributed by atoms with E-state index in [0.717, 1.165) is 21.6 Å². The zero-order valence-corrected chi connectivity index (χ0v) is 24.4. The molecule has 8 heteroatoms. The van der Waals surface area contributed by atoms with Crippen molar-refractivity contribution in [3.05, 3.63) is 137 Å². The summed E-state index contributed by atoms with van der Waals surface area (Å²) in [5, 5.41) is 0. The summed E-state index contributed by atoms with van der Waals surface area (Å²) in [6, 6.07) is 33.8. The summed E-state index contributed by atoms with van der Waals surface area (Å²) >= 11 is 1.47. The van der Waals surface area contributed by atoms with Gasteiger partial charge in [0.25, 0.3) is 11.8 Å². The summed E-state index contributed by atoms with van der Waals surface area (Å²) in [5.74, 6) is -0.718. The summed E-state index contributed by atoms with van der Waals surface area (Å²) < 4.78 is 26.2. The number of ether oxygens (including phenoxy) is 4. The highest BCUT2D eigenvalue weighted by atomic mass is 32.2. The highest BCUT2D eigenvalue weighted by molar-refractivity contribution is 7.99. The largest absolute Gasteiger partial charge is 0.368 e. The average Bonchev–Trinajstić information content (AvgIpc) is 3.30. The third-order valence-corrected chi connectivity index (χ3v) is 9.23. The first-order valence-electron chi connectivity index (χ1n) is 14.4. The number of carbonyl (C=O) groups excluding carboxylic acids is 2. The molecule has 0 spiro atoms. The molecule has 43 heavy (non-hydrogen) atoms. The lowest BCUT2D eigenvalue weighted by atomic mass is 9.95. The number of benzene rings is 4. The highest BCUT2D eigenvalue weighted by Gasteiger charge is 2.56. The summed E-state index contributed by atoms with van der Waals surface area (Å²) in [6.45, 7) is 2.58. The van der Waals surface area contributed by atoms with Crippen molar-refractivity contribution >= 4 is 23.6 Å². The van der Waals surface area contributed by atoms with Crippen LogP contribution in [0.1, 0.15) is 43.7 Å². The third-order valence-electron chi connectivity index (χ3n) is 8.06. The van der Waals surface area contributed by atoms with Gasteiger partial charge in [0.05, 0.1) is 24.3 Å². The van der Waals surface area contributed by atoms with Crippen LogP contribution in [-0.4, -0.2) is 53.1 Å². The van der Waals surface area contributed by atoms with E-state index in [4.69, 9.17) is 18.9 Å². The van der Waals surface area contributed by atoms with Gasteiger partial charge in [-0.1, -0.05) is 102 Å². The molecule has 0 saturated carbocycles. The first kappa shape index (κ1) is 28.0. The number of carbonyl (C=O) groups is 2. The van der Waals surface area contributed by atoms with E-state index in [1.807, 2.05) is 91.9 Å². The van der Waals surface area contributed by atoms with Gasteiger partial charge in [-0.25, -0.2) is 0 Å². The second-order valence-electron chi connectivity index (χ2n) is 10.9. The predicted molar refractivity (Wildman–Crippen MR) is 161 cm³/mol. The lowest BCUT2D eigenvalue weighted by Crippen LogP contribution is -2.67. The van der Waals surface area contributed by atoms with Crippen molar-refractivity contribution in [1.29, 1.82) is 0 Å². The summed E-state index contributed by atoms with van der Waals surface area (Å²) in [7, 11) is 0. The van der Waals surface area contributed by atoms with Gasteiger partial charge in [-0.15, -0.1) is 0 Å². The number of rotatable bonds is 7. The van der Waals surface area contributed by atoms with Crippen molar-refractivity contribution in [3.63, 3.8) is 0 Å². The van der Waals surface area contributed by atoms with Crippen LogP contribution >= 0.6 is 11.8 Å². The Morgan fingerprint density at radius 2 is 1.42 bits per heavy atom. The molecule has 2 saturated heterocycles. The quantitative estimate of drug-likeness (QED) is 0.237. The Bertz CT molecular complexity index is 1560. The maximum atomic E-state index is 13.9. The minimum absolute atomic E-state index is 0.273. The number of hydrogen-bond acceptors (Lipinski definition) is 7. The lowest BCUT2D eigenvalue weighted by molar-refractivity contribution is -0.316. The van der Waals surface area contributed by atoms with Crippen LogP contribution in [0.3, 0.4) is 0 Å². The maximum absolute atomic E-state index is 13.9. The van der Waals surface area contributed by atoms with Gasteiger partial charge in [0.1, 0.15) is 29.8 Å². The van der Waals surface area contributed by atoms with Crippen LogP contribution in [0, 0.1) is 6.92 Å². The number of imide groups is 1.